The van der Waals surface area contributed by atoms with Crippen LogP contribution in [0.25, 0.3) is 0 Å². The zero-order chi connectivity index (χ0) is 24.3. The lowest BCUT2D eigenvalue weighted by molar-refractivity contribution is -0.146. The smallest absolute Gasteiger partial charge is 0.264 e. The molecule has 2 aromatic carbocycles. The molecule has 7 heteroatoms. The minimum Gasteiger partial charge on any atom is -0.396 e. The van der Waals surface area contributed by atoms with Crippen LogP contribution in [0.1, 0.15) is 44.7 Å². The fourth-order valence-electron chi connectivity index (χ4n) is 6.14. The van der Waals surface area contributed by atoms with Gasteiger partial charge in [-0.3, -0.25) is 9.59 Å². The van der Waals surface area contributed by atoms with Gasteiger partial charge in [0.25, 0.3) is 5.91 Å². The Kier molecular flexibility index (Phi) is 5.54. The molecule has 2 amide bonds. The van der Waals surface area contributed by atoms with E-state index in [1.165, 1.54) is 0 Å². The summed E-state index contributed by atoms with van der Waals surface area (Å²) in [6.07, 6.45) is 0.364. The number of nitrogens with zero attached hydrogens (tertiary/aromatic N) is 2. The number of rotatable bonds is 6. The van der Waals surface area contributed by atoms with Gasteiger partial charge in [0, 0.05) is 42.7 Å². The highest BCUT2D eigenvalue weighted by atomic mass is 16.5. The average molecular weight is 465 g/mol. The predicted octanol–water partition coefficient (Wildman–Crippen LogP) is 2.97. The van der Waals surface area contributed by atoms with Crippen molar-refractivity contribution < 1.29 is 24.5 Å². The third-order valence-corrected chi connectivity index (χ3v) is 7.73. The maximum atomic E-state index is 14.2. The molecular weight excluding hydrogens is 432 g/mol. The van der Waals surface area contributed by atoms with Crippen molar-refractivity contribution in [1.82, 2.24) is 0 Å². The van der Waals surface area contributed by atoms with Gasteiger partial charge in [0.15, 0.2) is 5.60 Å². The van der Waals surface area contributed by atoms with Crippen molar-refractivity contribution in [1.29, 1.82) is 0 Å². The molecule has 1 spiro atoms. The van der Waals surface area contributed by atoms with Gasteiger partial charge in [-0.1, -0.05) is 37.3 Å². The molecular formula is C27H32N2O5. The lowest BCUT2D eigenvalue weighted by Crippen LogP contribution is -2.46. The molecule has 180 valence electrons. The van der Waals surface area contributed by atoms with Crippen molar-refractivity contribution in [2.75, 3.05) is 23.0 Å². The van der Waals surface area contributed by atoms with Crippen LogP contribution in [0.15, 0.2) is 48.5 Å². The van der Waals surface area contributed by atoms with Crippen LogP contribution in [0.2, 0.25) is 0 Å². The summed E-state index contributed by atoms with van der Waals surface area (Å²) in [5.74, 6) is -0.811. The predicted molar refractivity (Wildman–Crippen MR) is 128 cm³/mol. The molecule has 0 unspecified atom stereocenters. The van der Waals surface area contributed by atoms with E-state index >= 15 is 0 Å². The Hall–Kier alpha value is -2.74. The number of benzene rings is 2. The maximum Gasteiger partial charge on any atom is 0.264 e. The molecule has 7 nitrogen and oxygen atoms in total. The Morgan fingerprint density at radius 3 is 2.47 bits per heavy atom. The van der Waals surface area contributed by atoms with Crippen LogP contribution in [-0.4, -0.2) is 46.9 Å². The van der Waals surface area contributed by atoms with Crippen molar-refractivity contribution in [3.63, 3.8) is 0 Å². The van der Waals surface area contributed by atoms with Crippen LogP contribution in [-0.2, 0) is 26.5 Å². The highest BCUT2D eigenvalue weighted by Crippen LogP contribution is 2.58. The monoisotopic (exact) mass is 464 g/mol. The van der Waals surface area contributed by atoms with Gasteiger partial charge in [0.2, 0.25) is 5.91 Å². The first-order chi connectivity index (χ1) is 16.2. The van der Waals surface area contributed by atoms with E-state index in [1.54, 1.807) is 23.6 Å². The van der Waals surface area contributed by atoms with E-state index < -0.39 is 17.3 Å². The number of anilines is 2. The Bertz CT molecular complexity index is 1110. The largest absolute Gasteiger partial charge is 0.396 e. The first-order valence-corrected chi connectivity index (χ1v) is 12.0. The summed E-state index contributed by atoms with van der Waals surface area (Å²) in [5.41, 5.74) is 0.839. The first kappa shape index (κ1) is 23.0. The molecule has 34 heavy (non-hydrogen) atoms. The van der Waals surface area contributed by atoms with Crippen LogP contribution in [0.3, 0.4) is 0 Å². The maximum absolute atomic E-state index is 14.2. The number of fused-ring (bicyclic) bond motifs is 2. The van der Waals surface area contributed by atoms with Crippen LogP contribution in [0, 0.1) is 11.8 Å². The molecule has 0 radical (unpaired) electrons. The summed E-state index contributed by atoms with van der Waals surface area (Å²) >= 11 is 0. The summed E-state index contributed by atoms with van der Waals surface area (Å²) < 4.78 is 6.61. The SMILES string of the molecule is C[C@@H]1[C@@H](C(C)(C)O)[C@H](CCO)O[C@@]12C(=O)N(Cc1ccccc1)c1ccc(N3CCC3=O)cc12. The van der Waals surface area contributed by atoms with Crippen molar-refractivity contribution in [2.45, 2.75) is 57.5 Å². The summed E-state index contributed by atoms with van der Waals surface area (Å²) in [4.78, 5) is 29.9. The summed E-state index contributed by atoms with van der Waals surface area (Å²) in [5, 5.41) is 20.8. The molecule has 3 aliphatic rings. The van der Waals surface area contributed by atoms with E-state index in [0.717, 1.165) is 22.5 Å². The van der Waals surface area contributed by atoms with E-state index in [4.69, 9.17) is 4.74 Å². The normalized spacial score (nSPS) is 28.6. The number of hydrogen-bond donors (Lipinski definition) is 2. The molecule has 0 aliphatic carbocycles. The number of aliphatic hydroxyl groups excluding tert-OH is 1. The van der Waals surface area contributed by atoms with E-state index in [2.05, 4.69) is 0 Å². The number of aliphatic hydroxyl groups is 2. The standard InChI is InChI=1S/C27H32N2O5/c1-17-24(26(2,3)33)22(12-14-30)34-27(17)20-15-19(28-13-11-23(28)31)9-10-21(20)29(25(27)32)16-18-7-5-4-6-8-18/h4-10,15,17,22,24,30,33H,11-14,16H2,1-3H3/t17-,22+,24-,27+/m1/s1. The second-order valence-corrected chi connectivity index (χ2v) is 10.2. The summed E-state index contributed by atoms with van der Waals surface area (Å²) in [6.45, 7) is 6.37. The molecule has 2 aromatic rings. The van der Waals surface area contributed by atoms with E-state index in [0.29, 0.717) is 25.9 Å². The molecule has 4 atom stereocenters. The van der Waals surface area contributed by atoms with E-state index in [1.807, 2.05) is 55.5 Å². The number of ether oxygens (including phenoxy) is 1. The highest BCUT2D eigenvalue weighted by molar-refractivity contribution is 6.08. The topological polar surface area (TPSA) is 90.3 Å². The van der Waals surface area contributed by atoms with Crippen molar-refractivity contribution in [2.24, 2.45) is 11.8 Å². The van der Waals surface area contributed by atoms with Crippen LogP contribution in [0.5, 0.6) is 0 Å². The molecule has 0 aromatic heterocycles. The Morgan fingerprint density at radius 1 is 1.15 bits per heavy atom. The molecule has 0 bridgehead atoms. The molecule has 3 heterocycles. The van der Waals surface area contributed by atoms with Crippen LogP contribution in [0.4, 0.5) is 11.4 Å². The number of β-lactam (4-membered cyclic amide) rings is 1. The third-order valence-electron chi connectivity index (χ3n) is 7.73. The van der Waals surface area contributed by atoms with Gasteiger partial charge in [0.05, 0.1) is 23.9 Å². The van der Waals surface area contributed by atoms with Gasteiger partial charge >= 0.3 is 0 Å². The summed E-state index contributed by atoms with van der Waals surface area (Å²) in [7, 11) is 0. The molecule has 3 aliphatic heterocycles. The second kappa shape index (κ2) is 8.18. The lowest BCUT2D eigenvalue weighted by atomic mass is 9.71. The zero-order valence-electron chi connectivity index (χ0n) is 19.9. The van der Waals surface area contributed by atoms with E-state index in [-0.39, 0.29) is 30.3 Å². The fraction of sp³-hybridized carbons (Fsp3) is 0.481. The summed E-state index contributed by atoms with van der Waals surface area (Å²) in [6, 6.07) is 15.5. The lowest BCUT2D eigenvalue weighted by Gasteiger charge is -2.34. The van der Waals surface area contributed by atoms with Gasteiger partial charge in [0.1, 0.15) is 0 Å². The Morgan fingerprint density at radius 2 is 1.88 bits per heavy atom. The molecule has 5 rings (SSSR count). The minimum atomic E-state index is -1.29. The number of amides is 2. The quantitative estimate of drug-likeness (QED) is 0.642. The van der Waals surface area contributed by atoms with Crippen molar-refractivity contribution in [3.05, 3.63) is 59.7 Å². The van der Waals surface area contributed by atoms with Gasteiger partial charge in [-0.2, -0.15) is 0 Å². The van der Waals surface area contributed by atoms with Crippen LogP contribution >= 0.6 is 0 Å². The van der Waals surface area contributed by atoms with Crippen molar-refractivity contribution in [3.8, 4) is 0 Å². The number of hydrogen-bond acceptors (Lipinski definition) is 5. The van der Waals surface area contributed by atoms with Gasteiger partial charge in [-0.25, -0.2) is 0 Å². The zero-order valence-corrected chi connectivity index (χ0v) is 19.9. The number of carbonyl (C=O) groups is 2. The highest BCUT2D eigenvalue weighted by Gasteiger charge is 2.65. The Balaban J connectivity index is 1.64. The Labute approximate surface area is 199 Å². The van der Waals surface area contributed by atoms with Gasteiger partial charge in [-0.15, -0.1) is 0 Å². The molecule has 0 saturated carbocycles. The fourth-order valence-corrected chi connectivity index (χ4v) is 6.14. The van der Waals surface area contributed by atoms with Crippen molar-refractivity contribution >= 4 is 23.2 Å². The second-order valence-electron chi connectivity index (χ2n) is 10.2. The average Bonchev–Trinajstić information content (AvgIpc) is 3.21. The molecule has 2 fully saturated rings. The van der Waals surface area contributed by atoms with Gasteiger partial charge in [-0.05, 0) is 44.0 Å². The van der Waals surface area contributed by atoms with Gasteiger partial charge < -0.3 is 24.7 Å². The minimum absolute atomic E-state index is 0.0624. The molecule has 2 saturated heterocycles. The molecule has 2 N–H and O–H groups in total. The number of carbonyl (C=O) groups excluding carboxylic acids is 2. The first-order valence-electron chi connectivity index (χ1n) is 12.0. The van der Waals surface area contributed by atoms with Crippen LogP contribution < -0.4 is 9.80 Å². The van der Waals surface area contributed by atoms with E-state index in [9.17, 15) is 19.8 Å². The third kappa shape index (κ3) is 3.37.